The second kappa shape index (κ2) is 6.44. The van der Waals surface area contributed by atoms with Crippen molar-refractivity contribution in [3.8, 4) is 0 Å². The van der Waals surface area contributed by atoms with Crippen molar-refractivity contribution < 1.29 is 14.3 Å². The van der Waals surface area contributed by atoms with Crippen molar-refractivity contribution in [2.75, 3.05) is 6.54 Å². The number of aliphatic hydroxyl groups is 1. The number of carbonyl (C=O) groups excluding carboxylic acids is 1. The molecule has 0 aromatic carbocycles. The molecule has 0 radical (unpaired) electrons. The molecular weight excluding hydrogens is 254 g/mol. The van der Waals surface area contributed by atoms with Crippen molar-refractivity contribution in [1.29, 1.82) is 0 Å². The first-order valence-corrected chi connectivity index (χ1v) is 7.63. The van der Waals surface area contributed by atoms with Crippen LogP contribution in [0.4, 0.5) is 0 Å². The van der Waals surface area contributed by atoms with Crippen LogP contribution in [0, 0.1) is 5.92 Å². The topological polar surface area (TPSA) is 62.5 Å². The molecule has 1 saturated carbocycles. The van der Waals surface area contributed by atoms with Gasteiger partial charge in [-0.1, -0.05) is 26.7 Å². The maximum Gasteiger partial charge on any atom is 0.223 e. The van der Waals surface area contributed by atoms with Crippen LogP contribution in [0.15, 0.2) is 22.8 Å². The highest BCUT2D eigenvalue weighted by Gasteiger charge is 2.46. The van der Waals surface area contributed by atoms with Crippen molar-refractivity contribution >= 4 is 5.91 Å². The number of amides is 1. The van der Waals surface area contributed by atoms with Gasteiger partial charge < -0.3 is 14.8 Å². The Morgan fingerprint density at radius 1 is 1.45 bits per heavy atom. The summed E-state index contributed by atoms with van der Waals surface area (Å²) < 4.78 is 5.33. The van der Waals surface area contributed by atoms with Crippen molar-refractivity contribution in [3.05, 3.63) is 24.2 Å². The van der Waals surface area contributed by atoms with Gasteiger partial charge in [-0.05, 0) is 31.4 Å². The Morgan fingerprint density at radius 2 is 2.15 bits per heavy atom. The third kappa shape index (κ3) is 3.63. The first kappa shape index (κ1) is 15.1. The van der Waals surface area contributed by atoms with E-state index in [4.69, 9.17) is 4.42 Å². The molecule has 20 heavy (non-hydrogen) atoms. The summed E-state index contributed by atoms with van der Waals surface area (Å²) in [7, 11) is 0. The molecule has 0 saturated heterocycles. The minimum Gasteiger partial charge on any atom is -0.469 e. The van der Waals surface area contributed by atoms with E-state index in [0.29, 0.717) is 6.54 Å². The standard InChI is InChI=1S/C16H25NO3/c1-3-7-16(19,8-4-2)11-17-15(18)13-10-12(13)14-6-5-9-20-14/h5-6,9,12-13,19H,3-4,7-8,10-11H2,1-2H3,(H,17,18). The third-order valence-corrected chi connectivity index (χ3v) is 4.06. The average molecular weight is 279 g/mol. The van der Waals surface area contributed by atoms with Crippen LogP contribution in [-0.2, 0) is 4.79 Å². The molecule has 112 valence electrons. The highest BCUT2D eigenvalue weighted by atomic mass is 16.3. The second-order valence-corrected chi connectivity index (χ2v) is 5.91. The van der Waals surface area contributed by atoms with Crippen LogP contribution >= 0.6 is 0 Å². The molecule has 2 atom stereocenters. The predicted octanol–water partition coefficient (Wildman–Crippen LogP) is 2.83. The largest absolute Gasteiger partial charge is 0.469 e. The van der Waals surface area contributed by atoms with E-state index in [-0.39, 0.29) is 17.7 Å². The molecule has 0 aliphatic heterocycles. The summed E-state index contributed by atoms with van der Waals surface area (Å²) in [6.07, 6.45) is 5.79. The van der Waals surface area contributed by atoms with E-state index >= 15 is 0 Å². The first-order valence-electron chi connectivity index (χ1n) is 7.63. The number of nitrogens with one attached hydrogen (secondary N) is 1. The van der Waals surface area contributed by atoms with Crippen LogP contribution in [0.5, 0.6) is 0 Å². The zero-order valence-electron chi connectivity index (χ0n) is 12.4. The SMILES string of the molecule is CCCC(O)(CCC)CNC(=O)C1CC1c1ccco1. The minimum atomic E-state index is -0.756. The summed E-state index contributed by atoms with van der Waals surface area (Å²) in [5.41, 5.74) is -0.756. The van der Waals surface area contributed by atoms with Crippen LogP contribution in [0.25, 0.3) is 0 Å². The maximum absolute atomic E-state index is 12.1. The second-order valence-electron chi connectivity index (χ2n) is 5.91. The van der Waals surface area contributed by atoms with Gasteiger partial charge in [-0.25, -0.2) is 0 Å². The summed E-state index contributed by atoms with van der Waals surface area (Å²) in [6, 6.07) is 3.77. The number of rotatable bonds is 8. The molecule has 1 fully saturated rings. The van der Waals surface area contributed by atoms with E-state index in [9.17, 15) is 9.90 Å². The molecule has 2 rings (SSSR count). The Balaban J connectivity index is 1.80. The van der Waals surface area contributed by atoms with Gasteiger partial charge in [0.25, 0.3) is 0 Å². The molecule has 1 aromatic rings. The Kier molecular flexibility index (Phi) is 4.86. The highest BCUT2D eigenvalue weighted by Crippen LogP contribution is 2.47. The number of hydrogen-bond acceptors (Lipinski definition) is 3. The van der Waals surface area contributed by atoms with Gasteiger partial charge in [-0.2, -0.15) is 0 Å². The van der Waals surface area contributed by atoms with E-state index in [2.05, 4.69) is 19.2 Å². The van der Waals surface area contributed by atoms with Crippen LogP contribution in [0.1, 0.15) is 57.6 Å². The van der Waals surface area contributed by atoms with Gasteiger partial charge in [0.05, 0.1) is 11.9 Å². The summed E-state index contributed by atoms with van der Waals surface area (Å²) in [4.78, 5) is 12.1. The number of furan rings is 1. The van der Waals surface area contributed by atoms with E-state index in [0.717, 1.165) is 37.9 Å². The smallest absolute Gasteiger partial charge is 0.223 e. The summed E-state index contributed by atoms with van der Waals surface area (Å²) in [5.74, 6) is 1.16. The van der Waals surface area contributed by atoms with E-state index in [1.165, 1.54) is 0 Å². The first-order chi connectivity index (χ1) is 9.59. The van der Waals surface area contributed by atoms with Crippen LogP contribution < -0.4 is 5.32 Å². The van der Waals surface area contributed by atoms with Gasteiger partial charge in [0.1, 0.15) is 5.76 Å². The zero-order valence-corrected chi connectivity index (χ0v) is 12.4. The Bertz CT molecular complexity index is 421. The monoisotopic (exact) mass is 279 g/mol. The summed E-state index contributed by atoms with van der Waals surface area (Å²) in [6.45, 7) is 4.46. The summed E-state index contributed by atoms with van der Waals surface area (Å²) >= 11 is 0. The maximum atomic E-state index is 12.1. The molecule has 1 heterocycles. The van der Waals surface area contributed by atoms with Crippen molar-refractivity contribution in [2.45, 2.75) is 57.5 Å². The van der Waals surface area contributed by atoms with Gasteiger partial charge in [0.2, 0.25) is 5.91 Å². The van der Waals surface area contributed by atoms with E-state index in [1.807, 2.05) is 12.1 Å². The Hall–Kier alpha value is -1.29. The van der Waals surface area contributed by atoms with Crippen LogP contribution in [0.3, 0.4) is 0 Å². The van der Waals surface area contributed by atoms with Crippen molar-refractivity contribution in [1.82, 2.24) is 5.32 Å². The quantitative estimate of drug-likeness (QED) is 0.769. The van der Waals surface area contributed by atoms with Crippen molar-refractivity contribution in [2.24, 2.45) is 5.92 Å². The molecule has 1 aliphatic carbocycles. The molecule has 1 amide bonds. The lowest BCUT2D eigenvalue weighted by Crippen LogP contribution is -2.43. The molecule has 4 heteroatoms. The minimum absolute atomic E-state index is 0.00801. The highest BCUT2D eigenvalue weighted by molar-refractivity contribution is 5.82. The zero-order chi connectivity index (χ0) is 14.6. The molecule has 4 nitrogen and oxygen atoms in total. The lowest BCUT2D eigenvalue weighted by atomic mass is 9.92. The molecule has 1 aliphatic rings. The molecule has 0 spiro atoms. The fourth-order valence-electron chi connectivity index (χ4n) is 2.92. The molecule has 0 bridgehead atoms. The van der Waals surface area contributed by atoms with Gasteiger partial charge in [-0.3, -0.25) is 4.79 Å². The molecule has 1 aromatic heterocycles. The average Bonchev–Trinajstić information content (AvgIpc) is 3.03. The Labute approximate surface area is 120 Å². The van der Waals surface area contributed by atoms with Crippen LogP contribution in [0.2, 0.25) is 0 Å². The molecular formula is C16H25NO3. The molecule has 2 N–H and O–H groups in total. The normalized spacial score (nSPS) is 21.8. The molecule has 2 unspecified atom stereocenters. The van der Waals surface area contributed by atoms with E-state index < -0.39 is 5.60 Å². The number of carbonyl (C=O) groups is 1. The lowest BCUT2D eigenvalue weighted by Gasteiger charge is -2.27. The van der Waals surface area contributed by atoms with Gasteiger partial charge in [-0.15, -0.1) is 0 Å². The van der Waals surface area contributed by atoms with Crippen LogP contribution in [-0.4, -0.2) is 23.2 Å². The van der Waals surface area contributed by atoms with Gasteiger partial charge >= 0.3 is 0 Å². The summed E-state index contributed by atoms with van der Waals surface area (Å²) in [5, 5.41) is 13.4. The predicted molar refractivity (Wildman–Crippen MR) is 77.3 cm³/mol. The van der Waals surface area contributed by atoms with Gasteiger partial charge in [0.15, 0.2) is 0 Å². The lowest BCUT2D eigenvalue weighted by molar-refractivity contribution is -0.123. The van der Waals surface area contributed by atoms with E-state index in [1.54, 1.807) is 6.26 Å². The fourth-order valence-corrected chi connectivity index (χ4v) is 2.92. The van der Waals surface area contributed by atoms with Crippen molar-refractivity contribution in [3.63, 3.8) is 0 Å². The number of hydrogen-bond donors (Lipinski definition) is 2. The van der Waals surface area contributed by atoms with Gasteiger partial charge in [0, 0.05) is 18.4 Å². The third-order valence-electron chi connectivity index (χ3n) is 4.06. The Morgan fingerprint density at radius 3 is 2.70 bits per heavy atom. The fraction of sp³-hybridized carbons (Fsp3) is 0.688.